The van der Waals surface area contributed by atoms with E-state index in [0.717, 1.165) is 41.1 Å². The van der Waals surface area contributed by atoms with Crippen LogP contribution in [0.5, 0.6) is 5.75 Å². The van der Waals surface area contributed by atoms with Crippen molar-refractivity contribution in [3.63, 3.8) is 0 Å². The number of nitrogens with zero attached hydrogens (tertiary/aromatic N) is 4. The van der Waals surface area contributed by atoms with Crippen LogP contribution < -0.4 is 10.1 Å². The minimum absolute atomic E-state index is 0.203. The average Bonchev–Trinajstić information content (AvgIpc) is 3.46. The maximum absolute atomic E-state index is 13.4. The lowest BCUT2D eigenvalue weighted by Gasteiger charge is -2.37. The molecule has 8 nitrogen and oxygen atoms in total. The predicted molar refractivity (Wildman–Crippen MR) is 130 cm³/mol. The molecule has 1 amide bonds. The first-order valence-electron chi connectivity index (χ1n) is 11.2. The molecule has 1 aliphatic heterocycles. The lowest BCUT2D eigenvalue weighted by molar-refractivity contribution is -0.117. The van der Waals surface area contributed by atoms with Crippen LogP contribution in [0.15, 0.2) is 36.4 Å². The van der Waals surface area contributed by atoms with Gasteiger partial charge in [0.15, 0.2) is 0 Å². The highest BCUT2D eigenvalue weighted by Crippen LogP contribution is 2.43. The Morgan fingerprint density at radius 2 is 1.97 bits per heavy atom. The number of ether oxygens (including phenoxy) is 1. The maximum atomic E-state index is 13.4. The van der Waals surface area contributed by atoms with Crippen LogP contribution in [-0.2, 0) is 16.9 Å². The van der Waals surface area contributed by atoms with Crippen LogP contribution in [0, 0.1) is 0 Å². The fourth-order valence-electron chi connectivity index (χ4n) is 4.02. The Hall–Kier alpha value is -3.04. The van der Waals surface area contributed by atoms with Crippen molar-refractivity contribution in [2.75, 3.05) is 20.7 Å². The molecule has 0 spiro atoms. The summed E-state index contributed by atoms with van der Waals surface area (Å²) < 4.78 is 5.81. The van der Waals surface area contributed by atoms with Gasteiger partial charge in [-0.25, -0.2) is 0 Å². The van der Waals surface area contributed by atoms with Crippen LogP contribution in [0.1, 0.15) is 54.3 Å². The second-order valence-corrected chi connectivity index (χ2v) is 9.95. The Labute approximate surface area is 198 Å². The van der Waals surface area contributed by atoms with E-state index >= 15 is 0 Å². The first-order chi connectivity index (χ1) is 15.9. The standard InChI is InChI=1S/C24H30N6O2S/c1-5-6-13-32-17-9-7-16(8-10-17)24(2)14-19(20-12-11-18(33-20)15-30(3)4)21(23(31)25-24)22-26-28-29-27-22/h7-12H,5-6,13-15H2,1-4H3,(H,25,31)(H,26,27,28,29)/t24-/m0/s1. The summed E-state index contributed by atoms with van der Waals surface area (Å²) in [5, 5.41) is 17.5. The maximum Gasteiger partial charge on any atom is 0.256 e. The van der Waals surface area contributed by atoms with Crippen molar-refractivity contribution in [2.24, 2.45) is 0 Å². The predicted octanol–water partition coefficient (Wildman–Crippen LogP) is 3.85. The molecule has 33 heavy (non-hydrogen) atoms. The highest BCUT2D eigenvalue weighted by molar-refractivity contribution is 7.13. The molecular formula is C24H30N6O2S. The zero-order chi connectivity index (χ0) is 23.4. The van der Waals surface area contributed by atoms with Crippen molar-refractivity contribution in [1.82, 2.24) is 30.8 Å². The van der Waals surface area contributed by atoms with Gasteiger partial charge in [0.1, 0.15) is 5.75 Å². The van der Waals surface area contributed by atoms with Gasteiger partial charge in [0, 0.05) is 22.7 Å². The van der Waals surface area contributed by atoms with E-state index < -0.39 is 5.54 Å². The van der Waals surface area contributed by atoms with Gasteiger partial charge in [-0.2, -0.15) is 5.21 Å². The van der Waals surface area contributed by atoms with Crippen molar-refractivity contribution in [3.8, 4) is 5.75 Å². The number of hydrogen-bond donors (Lipinski definition) is 2. The van der Waals surface area contributed by atoms with Gasteiger partial charge in [0.2, 0.25) is 5.82 Å². The molecule has 1 aromatic carbocycles. The van der Waals surface area contributed by atoms with Gasteiger partial charge in [-0.05, 0) is 68.1 Å². The molecule has 0 aliphatic carbocycles. The topological polar surface area (TPSA) is 96.0 Å². The largest absolute Gasteiger partial charge is 0.494 e. The summed E-state index contributed by atoms with van der Waals surface area (Å²) in [6.07, 6.45) is 2.73. The summed E-state index contributed by atoms with van der Waals surface area (Å²) in [5.41, 5.74) is 1.85. The fraction of sp³-hybridized carbons (Fsp3) is 0.417. The molecular weight excluding hydrogens is 436 g/mol. The number of amides is 1. The molecule has 0 saturated heterocycles. The number of unbranched alkanes of at least 4 members (excludes halogenated alkanes) is 1. The summed E-state index contributed by atoms with van der Waals surface area (Å²) in [4.78, 5) is 17.8. The molecule has 1 atom stereocenters. The summed E-state index contributed by atoms with van der Waals surface area (Å²) in [6.45, 7) is 5.75. The fourth-order valence-corrected chi connectivity index (χ4v) is 5.19. The van der Waals surface area contributed by atoms with E-state index in [4.69, 9.17) is 4.74 Å². The summed E-state index contributed by atoms with van der Waals surface area (Å²) >= 11 is 1.69. The van der Waals surface area contributed by atoms with Crippen LogP contribution in [0.3, 0.4) is 0 Å². The Bertz CT molecular complexity index is 1120. The lowest BCUT2D eigenvalue weighted by Crippen LogP contribution is -2.47. The molecule has 4 rings (SSSR count). The van der Waals surface area contributed by atoms with Crippen LogP contribution in [-0.4, -0.2) is 52.1 Å². The first kappa shape index (κ1) is 23.1. The second kappa shape index (κ2) is 9.84. The van der Waals surface area contributed by atoms with Crippen molar-refractivity contribution < 1.29 is 9.53 Å². The molecule has 2 aromatic heterocycles. The number of aromatic amines is 1. The summed E-state index contributed by atoms with van der Waals surface area (Å²) in [5.74, 6) is 0.950. The third kappa shape index (κ3) is 5.15. The van der Waals surface area contributed by atoms with Crippen LogP contribution in [0.2, 0.25) is 0 Å². The van der Waals surface area contributed by atoms with Gasteiger partial charge in [-0.1, -0.05) is 25.5 Å². The molecule has 0 saturated carbocycles. The van der Waals surface area contributed by atoms with E-state index in [-0.39, 0.29) is 5.91 Å². The second-order valence-electron chi connectivity index (χ2n) is 8.78. The summed E-state index contributed by atoms with van der Waals surface area (Å²) in [7, 11) is 4.09. The van der Waals surface area contributed by atoms with E-state index in [1.807, 2.05) is 38.4 Å². The Morgan fingerprint density at radius 1 is 1.18 bits per heavy atom. The molecule has 9 heteroatoms. The van der Waals surface area contributed by atoms with Gasteiger partial charge in [-0.15, -0.1) is 21.5 Å². The van der Waals surface area contributed by atoms with Crippen LogP contribution in [0.4, 0.5) is 0 Å². The van der Waals surface area contributed by atoms with Gasteiger partial charge >= 0.3 is 0 Å². The monoisotopic (exact) mass is 466 g/mol. The molecule has 3 heterocycles. The third-order valence-corrected chi connectivity index (χ3v) is 6.84. The van der Waals surface area contributed by atoms with E-state index in [2.05, 4.69) is 56.8 Å². The Morgan fingerprint density at radius 3 is 2.64 bits per heavy atom. The molecule has 3 aromatic rings. The zero-order valence-electron chi connectivity index (χ0n) is 19.5. The molecule has 0 fully saturated rings. The highest BCUT2D eigenvalue weighted by Gasteiger charge is 2.39. The van der Waals surface area contributed by atoms with Crippen LogP contribution in [0.25, 0.3) is 11.1 Å². The van der Waals surface area contributed by atoms with Gasteiger partial charge in [0.05, 0.1) is 17.7 Å². The quantitative estimate of drug-likeness (QED) is 0.465. The Kier molecular flexibility index (Phi) is 6.90. The lowest BCUT2D eigenvalue weighted by atomic mass is 9.80. The van der Waals surface area contributed by atoms with Gasteiger partial charge in [0.25, 0.3) is 5.91 Å². The molecule has 2 N–H and O–H groups in total. The zero-order valence-corrected chi connectivity index (χ0v) is 20.3. The number of rotatable bonds is 9. The molecule has 0 radical (unpaired) electrons. The molecule has 174 valence electrons. The van der Waals surface area contributed by atoms with Gasteiger partial charge in [-0.3, -0.25) is 4.79 Å². The number of carbonyl (C=O) groups is 1. The van der Waals surface area contributed by atoms with E-state index in [9.17, 15) is 4.79 Å². The minimum Gasteiger partial charge on any atom is -0.494 e. The molecule has 0 unspecified atom stereocenters. The average molecular weight is 467 g/mol. The smallest absolute Gasteiger partial charge is 0.256 e. The Balaban J connectivity index is 1.68. The van der Waals surface area contributed by atoms with Crippen molar-refractivity contribution in [1.29, 1.82) is 0 Å². The number of thiophene rings is 1. The normalized spacial score (nSPS) is 18.6. The van der Waals surface area contributed by atoms with E-state index in [0.29, 0.717) is 24.4 Å². The van der Waals surface area contributed by atoms with Crippen molar-refractivity contribution >= 4 is 28.4 Å². The van der Waals surface area contributed by atoms with E-state index in [1.54, 1.807) is 11.3 Å². The van der Waals surface area contributed by atoms with E-state index in [1.165, 1.54) is 4.88 Å². The third-order valence-electron chi connectivity index (χ3n) is 5.71. The number of H-pyrrole nitrogens is 1. The number of carbonyl (C=O) groups excluding carboxylic acids is 1. The molecule has 1 aliphatic rings. The SMILES string of the molecule is CCCCOc1ccc([C@]2(C)CC(c3ccc(CN(C)C)s3)=C(c3nn[nH]n3)C(=O)N2)cc1. The number of aromatic nitrogens is 4. The first-order valence-corrected chi connectivity index (χ1v) is 12.0. The minimum atomic E-state index is -0.576. The van der Waals surface area contributed by atoms with Crippen LogP contribution >= 0.6 is 11.3 Å². The van der Waals surface area contributed by atoms with Gasteiger partial charge < -0.3 is 15.0 Å². The van der Waals surface area contributed by atoms with Crippen molar-refractivity contribution in [3.05, 3.63) is 57.5 Å². The number of nitrogens with one attached hydrogen (secondary N) is 2. The van der Waals surface area contributed by atoms with Crippen molar-refractivity contribution in [2.45, 2.75) is 45.2 Å². The number of hydrogen-bond acceptors (Lipinski definition) is 7. The number of benzene rings is 1. The highest BCUT2D eigenvalue weighted by atomic mass is 32.1. The summed E-state index contributed by atoms with van der Waals surface area (Å²) in [6, 6.07) is 12.2. The number of tetrazole rings is 1. The molecule has 0 bridgehead atoms.